The molecule has 24 heavy (non-hydrogen) atoms. The van der Waals surface area contributed by atoms with E-state index in [2.05, 4.69) is 12.1 Å². The van der Waals surface area contributed by atoms with E-state index in [0.717, 1.165) is 28.7 Å². The van der Waals surface area contributed by atoms with E-state index in [1.54, 1.807) is 7.11 Å². The number of hydrogen-bond acceptors (Lipinski definition) is 4. The Morgan fingerprint density at radius 3 is 2.33 bits per heavy atom. The molecule has 2 heterocycles. The van der Waals surface area contributed by atoms with E-state index in [1.807, 2.05) is 20.8 Å². The summed E-state index contributed by atoms with van der Waals surface area (Å²) in [6.45, 7) is 6.64. The summed E-state index contributed by atoms with van der Waals surface area (Å²) >= 11 is 0. The van der Waals surface area contributed by atoms with Crippen LogP contribution in [-0.2, 0) is 19.1 Å². The van der Waals surface area contributed by atoms with Crippen molar-refractivity contribution < 1.29 is 19.1 Å². The number of aryl methyl sites for hydroxylation is 3. The van der Waals surface area contributed by atoms with Crippen LogP contribution in [0.25, 0.3) is 0 Å². The van der Waals surface area contributed by atoms with Crippen LogP contribution in [-0.4, -0.2) is 37.5 Å². The van der Waals surface area contributed by atoms with Crippen LogP contribution in [0.3, 0.4) is 0 Å². The van der Waals surface area contributed by atoms with Gasteiger partial charge in [-0.05, 0) is 43.9 Å². The van der Waals surface area contributed by atoms with Crippen molar-refractivity contribution in [2.75, 3.05) is 13.7 Å². The molecule has 1 aromatic carbocycles. The molecule has 128 valence electrons. The van der Waals surface area contributed by atoms with E-state index in [1.165, 1.54) is 0 Å². The van der Waals surface area contributed by atoms with Gasteiger partial charge in [-0.2, -0.15) is 0 Å². The van der Waals surface area contributed by atoms with E-state index in [9.17, 15) is 9.59 Å². The van der Waals surface area contributed by atoms with Crippen LogP contribution in [0.1, 0.15) is 34.6 Å². The van der Waals surface area contributed by atoms with E-state index in [0.29, 0.717) is 6.61 Å². The first-order valence-corrected chi connectivity index (χ1v) is 8.73. The first kappa shape index (κ1) is 16.0. The summed E-state index contributed by atoms with van der Waals surface area (Å²) < 4.78 is 11.3. The van der Waals surface area contributed by atoms with Crippen LogP contribution < -0.4 is 0 Å². The van der Waals surface area contributed by atoms with Crippen LogP contribution in [0.4, 0.5) is 0 Å². The number of carbonyl (C=O) groups is 2. The summed E-state index contributed by atoms with van der Waals surface area (Å²) in [4.78, 5) is 26.3. The highest BCUT2D eigenvalue weighted by atomic mass is 16.5. The second-order valence-corrected chi connectivity index (χ2v) is 7.69. The summed E-state index contributed by atoms with van der Waals surface area (Å²) in [7, 11) is 1.67. The summed E-state index contributed by atoms with van der Waals surface area (Å²) in [6.07, 6.45) is 0.581. The van der Waals surface area contributed by atoms with Crippen molar-refractivity contribution in [1.82, 2.24) is 0 Å². The molecule has 2 saturated heterocycles. The molecule has 1 unspecified atom stereocenters. The third kappa shape index (κ3) is 2.06. The number of Topliss-reactive ketones (excluding diaryl/α,β-unsaturated/α-hetero) is 2. The summed E-state index contributed by atoms with van der Waals surface area (Å²) in [5.41, 5.74) is 4.17. The van der Waals surface area contributed by atoms with Gasteiger partial charge in [0.15, 0.2) is 11.6 Å². The van der Waals surface area contributed by atoms with Crippen molar-refractivity contribution in [2.24, 2.45) is 17.8 Å². The molecule has 1 aliphatic carbocycles. The predicted octanol–water partition coefficient (Wildman–Crippen LogP) is 2.51. The maximum absolute atomic E-state index is 13.2. The van der Waals surface area contributed by atoms with Crippen LogP contribution >= 0.6 is 0 Å². The van der Waals surface area contributed by atoms with Gasteiger partial charge < -0.3 is 9.47 Å². The van der Waals surface area contributed by atoms with Gasteiger partial charge in [0.05, 0.1) is 30.7 Å². The topological polar surface area (TPSA) is 52.6 Å². The van der Waals surface area contributed by atoms with Gasteiger partial charge in [0.2, 0.25) is 0 Å². The van der Waals surface area contributed by atoms with Crippen molar-refractivity contribution in [1.29, 1.82) is 0 Å². The van der Waals surface area contributed by atoms with Crippen molar-refractivity contribution in [3.63, 3.8) is 0 Å². The Hall–Kier alpha value is -1.52. The molecule has 0 amide bonds. The van der Waals surface area contributed by atoms with E-state index >= 15 is 0 Å². The Kier molecular flexibility index (Phi) is 3.66. The minimum absolute atomic E-state index is 0.0633. The predicted molar refractivity (Wildman–Crippen MR) is 89.0 cm³/mol. The van der Waals surface area contributed by atoms with Gasteiger partial charge in [-0.25, -0.2) is 0 Å². The molecule has 0 radical (unpaired) electrons. The number of benzene rings is 1. The number of carbonyl (C=O) groups excluding carboxylic acids is 2. The van der Waals surface area contributed by atoms with Crippen LogP contribution in [0.5, 0.6) is 0 Å². The zero-order chi connectivity index (χ0) is 17.2. The van der Waals surface area contributed by atoms with Gasteiger partial charge in [-0.3, -0.25) is 9.59 Å². The number of fused-ring (bicyclic) bond motifs is 5. The van der Waals surface area contributed by atoms with Crippen LogP contribution in [0.15, 0.2) is 12.1 Å². The quantitative estimate of drug-likeness (QED) is 0.800. The van der Waals surface area contributed by atoms with Gasteiger partial charge in [-0.1, -0.05) is 17.7 Å². The lowest BCUT2D eigenvalue weighted by atomic mass is 9.75. The van der Waals surface area contributed by atoms with E-state index in [4.69, 9.17) is 9.47 Å². The number of ether oxygens (including phenoxy) is 2. The highest BCUT2D eigenvalue weighted by Gasteiger charge is 2.65. The monoisotopic (exact) mass is 328 g/mol. The standard InChI is InChI=1S/C20H24O4/c1-9-5-10(2)14(11(3)6-9)16-18(21)15-13-7-12(8-23-4)20(24-13)17(15)19(16)22/h5-6,12-13,15-17,20H,7-8H2,1-4H3/t12-,13+,15+,16?,17-,20-/m1/s1. The Bertz CT molecular complexity index is 699. The molecule has 4 heteroatoms. The molecule has 4 nitrogen and oxygen atoms in total. The highest BCUT2D eigenvalue weighted by Crippen LogP contribution is 2.54. The minimum atomic E-state index is -0.601. The minimum Gasteiger partial charge on any atom is -0.384 e. The van der Waals surface area contributed by atoms with Crippen LogP contribution in [0.2, 0.25) is 0 Å². The van der Waals surface area contributed by atoms with Gasteiger partial charge >= 0.3 is 0 Å². The Morgan fingerprint density at radius 2 is 1.71 bits per heavy atom. The lowest BCUT2D eigenvalue weighted by molar-refractivity contribution is -0.127. The van der Waals surface area contributed by atoms with Gasteiger partial charge in [0.25, 0.3) is 0 Å². The number of ketones is 2. The van der Waals surface area contributed by atoms with E-state index in [-0.39, 0.29) is 41.5 Å². The summed E-state index contributed by atoms with van der Waals surface area (Å²) in [6, 6.07) is 4.13. The van der Waals surface area contributed by atoms with E-state index < -0.39 is 5.92 Å². The molecule has 6 atom stereocenters. The van der Waals surface area contributed by atoms with Crippen LogP contribution in [0, 0.1) is 38.5 Å². The zero-order valence-electron chi connectivity index (χ0n) is 14.7. The fourth-order valence-corrected chi connectivity index (χ4v) is 5.38. The molecule has 4 rings (SSSR count). The third-order valence-electron chi connectivity index (χ3n) is 6.11. The molecule has 3 fully saturated rings. The van der Waals surface area contributed by atoms with Crippen molar-refractivity contribution in [3.05, 3.63) is 34.4 Å². The fourth-order valence-electron chi connectivity index (χ4n) is 5.38. The first-order valence-electron chi connectivity index (χ1n) is 8.73. The normalized spacial score (nSPS) is 37.3. The molecule has 0 aromatic heterocycles. The largest absolute Gasteiger partial charge is 0.384 e. The molecule has 1 aromatic rings. The average Bonchev–Trinajstić information content (AvgIpc) is 3.13. The third-order valence-corrected chi connectivity index (χ3v) is 6.11. The molecule has 0 N–H and O–H groups in total. The Labute approximate surface area is 142 Å². The summed E-state index contributed by atoms with van der Waals surface area (Å²) in [5, 5.41) is 0. The molecular weight excluding hydrogens is 304 g/mol. The molecule has 2 bridgehead atoms. The van der Waals surface area contributed by atoms with Crippen molar-refractivity contribution >= 4 is 11.6 Å². The number of hydrogen-bond donors (Lipinski definition) is 0. The Morgan fingerprint density at radius 1 is 1.08 bits per heavy atom. The average molecular weight is 328 g/mol. The molecular formula is C20H24O4. The molecule has 0 spiro atoms. The van der Waals surface area contributed by atoms with Crippen molar-refractivity contribution in [3.8, 4) is 0 Å². The Balaban J connectivity index is 1.72. The highest BCUT2D eigenvalue weighted by molar-refractivity contribution is 6.17. The lowest BCUT2D eigenvalue weighted by Crippen LogP contribution is -2.36. The number of methoxy groups -OCH3 is 1. The molecule has 2 aliphatic heterocycles. The lowest BCUT2D eigenvalue weighted by Gasteiger charge is -2.25. The second kappa shape index (κ2) is 5.50. The fraction of sp³-hybridized carbons (Fsp3) is 0.600. The molecule has 3 aliphatic rings. The number of rotatable bonds is 3. The second-order valence-electron chi connectivity index (χ2n) is 7.69. The first-order chi connectivity index (χ1) is 11.4. The van der Waals surface area contributed by atoms with Gasteiger partial charge in [0.1, 0.15) is 5.92 Å². The van der Waals surface area contributed by atoms with Gasteiger partial charge in [-0.15, -0.1) is 0 Å². The smallest absolute Gasteiger partial charge is 0.154 e. The SMILES string of the molecule is COC[C@H]1C[C@@H]2O[C@H]1[C@H]1C(=O)C(c3c(C)cc(C)cc3C)C(=O)[C@H]12. The van der Waals surface area contributed by atoms with Gasteiger partial charge in [0, 0.05) is 13.0 Å². The summed E-state index contributed by atoms with van der Waals surface area (Å²) in [5.74, 6) is -0.758. The van der Waals surface area contributed by atoms with Crippen molar-refractivity contribution in [2.45, 2.75) is 45.3 Å². The zero-order valence-corrected chi connectivity index (χ0v) is 14.7. The molecule has 1 saturated carbocycles. The maximum atomic E-state index is 13.2. The maximum Gasteiger partial charge on any atom is 0.154 e.